The van der Waals surface area contributed by atoms with E-state index in [2.05, 4.69) is 9.97 Å². The Morgan fingerprint density at radius 3 is 2.90 bits per heavy atom. The average Bonchev–Trinajstić information content (AvgIpc) is 2.92. The van der Waals surface area contributed by atoms with Gasteiger partial charge in [-0.1, -0.05) is 17.7 Å². The molecule has 0 aliphatic heterocycles. The van der Waals surface area contributed by atoms with Gasteiger partial charge in [0.05, 0.1) is 7.11 Å². The van der Waals surface area contributed by atoms with Gasteiger partial charge >= 0.3 is 0 Å². The highest BCUT2D eigenvalue weighted by Gasteiger charge is 2.07. The number of nitrogens with zero attached hydrogens (tertiary/aromatic N) is 1. The molecule has 0 saturated carbocycles. The zero-order chi connectivity index (χ0) is 14.8. The number of nitrogens with one attached hydrogen (secondary N) is 1. The number of benzene rings is 1. The number of pyridine rings is 1. The van der Waals surface area contributed by atoms with Crippen LogP contribution in [0.4, 0.5) is 0 Å². The molecule has 0 aliphatic carbocycles. The fourth-order valence-corrected chi connectivity index (χ4v) is 2.31. The van der Waals surface area contributed by atoms with Gasteiger partial charge in [-0.25, -0.2) is 4.98 Å². The Kier molecular flexibility index (Phi) is 3.54. The molecule has 3 aromatic rings. The Morgan fingerprint density at radius 2 is 2.19 bits per heavy atom. The summed E-state index contributed by atoms with van der Waals surface area (Å²) in [6.07, 6.45) is 5.44. The van der Waals surface area contributed by atoms with E-state index in [1.165, 1.54) is 0 Å². The molecule has 106 valence electrons. The highest BCUT2D eigenvalue weighted by atomic mass is 35.5. The van der Waals surface area contributed by atoms with Gasteiger partial charge in [-0.3, -0.25) is 0 Å². The maximum Gasteiger partial charge on any atom is 0.129 e. The Hall–Kier alpha value is -2.46. The predicted molar refractivity (Wildman–Crippen MR) is 86.2 cm³/mol. The van der Waals surface area contributed by atoms with Gasteiger partial charge < -0.3 is 15.5 Å². The van der Waals surface area contributed by atoms with Crippen molar-refractivity contribution in [3.8, 4) is 5.75 Å². The van der Waals surface area contributed by atoms with Crippen molar-refractivity contribution >= 4 is 34.3 Å². The van der Waals surface area contributed by atoms with E-state index < -0.39 is 0 Å². The Balaban J connectivity index is 2.04. The lowest BCUT2D eigenvalue weighted by Gasteiger charge is -2.03. The van der Waals surface area contributed by atoms with Gasteiger partial charge in [0.25, 0.3) is 0 Å². The van der Waals surface area contributed by atoms with Crippen LogP contribution in [-0.2, 0) is 0 Å². The van der Waals surface area contributed by atoms with Gasteiger partial charge in [-0.2, -0.15) is 0 Å². The van der Waals surface area contributed by atoms with Crippen molar-refractivity contribution in [3.63, 3.8) is 0 Å². The molecular formula is C16H14ClN3O. The van der Waals surface area contributed by atoms with Crippen LogP contribution in [0.2, 0.25) is 5.15 Å². The summed E-state index contributed by atoms with van der Waals surface area (Å²) in [5, 5.41) is 1.48. The molecule has 3 rings (SSSR count). The number of H-pyrrole nitrogens is 1. The molecule has 0 atom stereocenters. The maximum absolute atomic E-state index is 6.21. The molecule has 5 heteroatoms. The molecule has 4 nitrogen and oxygen atoms in total. The zero-order valence-electron chi connectivity index (χ0n) is 11.4. The van der Waals surface area contributed by atoms with Crippen LogP contribution in [0, 0.1) is 0 Å². The van der Waals surface area contributed by atoms with Crippen molar-refractivity contribution < 1.29 is 4.74 Å². The topological polar surface area (TPSA) is 63.9 Å². The maximum atomic E-state index is 6.21. The monoisotopic (exact) mass is 299 g/mol. The van der Waals surface area contributed by atoms with Gasteiger partial charge in [-0.05, 0) is 35.9 Å². The number of hydrogen-bond donors (Lipinski definition) is 2. The summed E-state index contributed by atoms with van der Waals surface area (Å²) in [6, 6.07) is 9.44. The number of ether oxygens (including phenoxy) is 1. The van der Waals surface area contributed by atoms with Gasteiger partial charge in [0.1, 0.15) is 10.9 Å². The van der Waals surface area contributed by atoms with Gasteiger partial charge in [0, 0.05) is 34.6 Å². The first-order chi connectivity index (χ1) is 10.2. The summed E-state index contributed by atoms with van der Waals surface area (Å²) in [4.78, 5) is 7.24. The molecule has 21 heavy (non-hydrogen) atoms. The molecule has 1 aromatic carbocycles. The molecule has 0 bridgehead atoms. The molecule has 0 saturated heterocycles. The molecule has 0 unspecified atom stereocenters. The molecule has 0 aliphatic rings. The van der Waals surface area contributed by atoms with E-state index >= 15 is 0 Å². The van der Waals surface area contributed by atoms with Crippen LogP contribution < -0.4 is 10.5 Å². The van der Waals surface area contributed by atoms with Crippen molar-refractivity contribution in [2.24, 2.45) is 5.73 Å². The van der Waals surface area contributed by atoms with E-state index in [-0.39, 0.29) is 0 Å². The van der Waals surface area contributed by atoms with Gasteiger partial charge in [0.2, 0.25) is 0 Å². The van der Waals surface area contributed by atoms with E-state index in [0.717, 1.165) is 27.8 Å². The summed E-state index contributed by atoms with van der Waals surface area (Å²) in [5.74, 6) is 0.796. The van der Waals surface area contributed by atoms with Crippen LogP contribution in [0.5, 0.6) is 5.75 Å². The number of aromatic amines is 1. The lowest BCUT2D eigenvalue weighted by molar-refractivity contribution is 0.415. The predicted octanol–water partition coefficient (Wildman–Crippen LogP) is 3.68. The number of nitrogens with two attached hydrogens (primary N) is 1. The first kappa shape index (κ1) is 13.5. The Morgan fingerprint density at radius 1 is 1.33 bits per heavy atom. The van der Waals surface area contributed by atoms with Crippen molar-refractivity contribution in [1.82, 2.24) is 9.97 Å². The molecule has 0 amide bonds. The summed E-state index contributed by atoms with van der Waals surface area (Å²) in [5.41, 5.74) is 9.70. The summed E-state index contributed by atoms with van der Waals surface area (Å²) in [7, 11) is 1.64. The number of aromatic nitrogens is 2. The molecule has 0 spiro atoms. The minimum Gasteiger partial charge on any atom is -0.497 e. The van der Waals surface area contributed by atoms with Crippen molar-refractivity contribution in [2.45, 2.75) is 0 Å². The first-order valence-corrected chi connectivity index (χ1v) is 6.79. The van der Waals surface area contributed by atoms with E-state index in [1.54, 1.807) is 19.4 Å². The lowest BCUT2D eigenvalue weighted by Crippen LogP contribution is -1.95. The third-order valence-electron chi connectivity index (χ3n) is 3.27. The van der Waals surface area contributed by atoms with Crippen molar-refractivity contribution in [3.05, 3.63) is 59.0 Å². The smallest absolute Gasteiger partial charge is 0.129 e. The second kappa shape index (κ2) is 5.50. The van der Waals surface area contributed by atoms with E-state index in [9.17, 15) is 0 Å². The van der Waals surface area contributed by atoms with E-state index in [1.807, 2.05) is 36.5 Å². The van der Waals surface area contributed by atoms with Crippen LogP contribution in [0.3, 0.4) is 0 Å². The largest absolute Gasteiger partial charge is 0.497 e. The fourth-order valence-electron chi connectivity index (χ4n) is 2.20. The van der Waals surface area contributed by atoms with Crippen LogP contribution in [0.15, 0.2) is 42.7 Å². The third-order valence-corrected chi connectivity index (χ3v) is 3.50. The zero-order valence-corrected chi connectivity index (χ0v) is 12.2. The average molecular weight is 300 g/mol. The minimum absolute atomic E-state index is 0.461. The van der Waals surface area contributed by atoms with Crippen LogP contribution in [0.1, 0.15) is 11.1 Å². The second-order valence-corrected chi connectivity index (χ2v) is 5.02. The summed E-state index contributed by atoms with van der Waals surface area (Å²) in [6.45, 7) is 0. The summed E-state index contributed by atoms with van der Waals surface area (Å²) >= 11 is 5.78. The Bertz CT molecular complexity index is 806. The number of fused-ring (bicyclic) bond motifs is 1. The minimum atomic E-state index is 0.461. The normalized spacial score (nSPS) is 11.8. The van der Waals surface area contributed by atoms with Gasteiger partial charge in [0.15, 0.2) is 0 Å². The number of halogens is 1. The lowest BCUT2D eigenvalue weighted by atomic mass is 10.1. The highest BCUT2D eigenvalue weighted by Crippen LogP contribution is 2.27. The molecule has 2 aromatic heterocycles. The van der Waals surface area contributed by atoms with Crippen molar-refractivity contribution in [1.29, 1.82) is 0 Å². The quantitative estimate of drug-likeness (QED) is 0.725. The standard InChI is InChI=1S/C16H14ClN3O/c1-21-11-3-4-15-12(7-11)13(9-19-15)14(18)6-10-2-5-16(17)20-8-10/h2-9,19H,18H2,1H3/b14-6-. The molecule has 3 N–H and O–H groups in total. The second-order valence-electron chi connectivity index (χ2n) is 4.63. The van der Waals surface area contributed by atoms with Crippen LogP contribution in [0.25, 0.3) is 22.7 Å². The third kappa shape index (κ3) is 2.71. The molecule has 0 radical (unpaired) electrons. The molecular weight excluding hydrogens is 286 g/mol. The highest BCUT2D eigenvalue weighted by molar-refractivity contribution is 6.29. The van der Waals surface area contributed by atoms with Crippen LogP contribution >= 0.6 is 11.6 Å². The summed E-state index contributed by atoms with van der Waals surface area (Å²) < 4.78 is 5.26. The SMILES string of the molecule is COc1ccc2[nH]cc(/C(N)=C/c3ccc(Cl)nc3)c2c1. The van der Waals surface area contributed by atoms with E-state index in [0.29, 0.717) is 10.9 Å². The van der Waals surface area contributed by atoms with Gasteiger partial charge in [-0.15, -0.1) is 0 Å². The number of hydrogen-bond acceptors (Lipinski definition) is 3. The molecule has 2 heterocycles. The first-order valence-electron chi connectivity index (χ1n) is 6.41. The molecule has 0 fully saturated rings. The number of rotatable bonds is 3. The van der Waals surface area contributed by atoms with Crippen LogP contribution in [-0.4, -0.2) is 17.1 Å². The Labute approximate surface area is 127 Å². The van der Waals surface area contributed by atoms with E-state index in [4.69, 9.17) is 22.1 Å². The fraction of sp³-hybridized carbons (Fsp3) is 0.0625. The number of methoxy groups -OCH3 is 1. The van der Waals surface area contributed by atoms with Crippen molar-refractivity contribution in [2.75, 3.05) is 7.11 Å².